The summed E-state index contributed by atoms with van der Waals surface area (Å²) in [5.74, 6) is 2.16. The maximum Gasteiger partial charge on any atom is 0.239 e. The zero-order valence-electron chi connectivity index (χ0n) is 25.0. The van der Waals surface area contributed by atoms with Gasteiger partial charge in [0, 0.05) is 17.7 Å². The van der Waals surface area contributed by atoms with Crippen LogP contribution < -0.4 is 29.1 Å². The van der Waals surface area contributed by atoms with Crippen LogP contribution in [0.5, 0.6) is 28.7 Å². The van der Waals surface area contributed by atoms with Gasteiger partial charge in [0.1, 0.15) is 42.3 Å². The number of hydrogen-bond donors (Lipinski definition) is 0. The third kappa shape index (κ3) is 6.78. The molecule has 6 aromatic rings. The summed E-state index contributed by atoms with van der Waals surface area (Å²) in [6.45, 7) is 0.880. The molecule has 0 spiro atoms. The van der Waals surface area contributed by atoms with Gasteiger partial charge in [0.25, 0.3) is 0 Å². The normalized spacial score (nSPS) is 10.8. The molecule has 0 aliphatic carbocycles. The van der Waals surface area contributed by atoms with E-state index in [1.54, 1.807) is 31.4 Å². The fourth-order valence-electron chi connectivity index (χ4n) is 4.94. The molecule has 6 rings (SSSR count). The highest BCUT2D eigenvalue weighted by atomic mass is 16.5. The molecule has 45 heavy (non-hydrogen) atoms. The van der Waals surface area contributed by atoms with Crippen LogP contribution in [-0.2, 0) is 19.8 Å². The molecule has 0 radical (unpaired) electrons. The SMILES string of the molecule is COc1cc(-c2oc3cc(OCc4ccccc4)cc(OC)c3c(=O)c2OCc2ccccc2)ccc1OCc1ccccc1. The molecule has 7 heteroatoms. The van der Waals surface area contributed by atoms with E-state index in [0.29, 0.717) is 47.4 Å². The largest absolute Gasteiger partial charge is 0.496 e. The zero-order chi connectivity index (χ0) is 31.0. The van der Waals surface area contributed by atoms with Gasteiger partial charge in [-0.3, -0.25) is 4.79 Å². The van der Waals surface area contributed by atoms with Crippen LogP contribution in [0.4, 0.5) is 0 Å². The molecule has 0 fully saturated rings. The molecule has 0 bridgehead atoms. The van der Waals surface area contributed by atoms with Crippen molar-refractivity contribution in [2.45, 2.75) is 19.8 Å². The molecule has 0 aliphatic heterocycles. The molecule has 0 N–H and O–H groups in total. The van der Waals surface area contributed by atoms with E-state index in [1.807, 2.05) is 97.1 Å². The Balaban J connectivity index is 1.41. The van der Waals surface area contributed by atoms with Crippen molar-refractivity contribution in [1.82, 2.24) is 0 Å². The molecule has 0 atom stereocenters. The second-order valence-corrected chi connectivity index (χ2v) is 10.3. The summed E-state index contributed by atoms with van der Waals surface area (Å²) in [6, 6.07) is 38.1. The smallest absolute Gasteiger partial charge is 0.239 e. The Morgan fingerprint density at radius 2 is 1.11 bits per heavy atom. The summed E-state index contributed by atoms with van der Waals surface area (Å²) in [4.78, 5) is 14.1. The lowest BCUT2D eigenvalue weighted by molar-refractivity contribution is 0.284. The first-order valence-corrected chi connectivity index (χ1v) is 14.5. The fraction of sp³-hybridized carbons (Fsp3) is 0.132. The highest BCUT2D eigenvalue weighted by Crippen LogP contribution is 2.40. The molecule has 0 saturated carbocycles. The lowest BCUT2D eigenvalue weighted by Gasteiger charge is -2.16. The molecule has 0 aliphatic rings. The second kappa shape index (κ2) is 13.7. The Bertz CT molecular complexity index is 1940. The molecule has 7 nitrogen and oxygen atoms in total. The minimum Gasteiger partial charge on any atom is -0.496 e. The molecule has 1 aromatic heterocycles. The maximum atomic E-state index is 14.1. The molecule has 226 valence electrons. The van der Waals surface area contributed by atoms with Crippen molar-refractivity contribution in [3.8, 4) is 40.1 Å². The van der Waals surface area contributed by atoms with Gasteiger partial charge in [-0.25, -0.2) is 0 Å². The summed E-state index contributed by atoms with van der Waals surface area (Å²) >= 11 is 0. The minimum absolute atomic E-state index is 0.0580. The molecule has 5 aromatic carbocycles. The lowest BCUT2D eigenvalue weighted by atomic mass is 10.1. The number of rotatable bonds is 12. The van der Waals surface area contributed by atoms with Crippen molar-refractivity contribution in [3.05, 3.63) is 148 Å². The summed E-state index contributed by atoms with van der Waals surface area (Å²) in [5.41, 5.74) is 3.45. The van der Waals surface area contributed by atoms with Crippen LogP contribution in [0.15, 0.2) is 131 Å². The van der Waals surface area contributed by atoms with E-state index in [9.17, 15) is 4.79 Å². The molecule has 0 amide bonds. The van der Waals surface area contributed by atoms with Gasteiger partial charge in [-0.2, -0.15) is 0 Å². The fourth-order valence-corrected chi connectivity index (χ4v) is 4.94. The van der Waals surface area contributed by atoms with Crippen LogP contribution in [-0.4, -0.2) is 14.2 Å². The Kier molecular flexibility index (Phi) is 8.97. The van der Waals surface area contributed by atoms with Gasteiger partial charge in [0.15, 0.2) is 17.3 Å². The number of ether oxygens (including phenoxy) is 5. The van der Waals surface area contributed by atoms with Gasteiger partial charge < -0.3 is 28.1 Å². The molecule has 1 heterocycles. The van der Waals surface area contributed by atoms with Gasteiger partial charge >= 0.3 is 0 Å². The van der Waals surface area contributed by atoms with Gasteiger partial charge in [-0.05, 0) is 34.9 Å². The number of hydrogen-bond acceptors (Lipinski definition) is 7. The van der Waals surface area contributed by atoms with Crippen LogP contribution in [0.25, 0.3) is 22.3 Å². The van der Waals surface area contributed by atoms with Crippen molar-refractivity contribution < 1.29 is 28.1 Å². The van der Waals surface area contributed by atoms with Gasteiger partial charge in [0.05, 0.1) is 14.2 Å². The average molecular weight is 601 g/mol. The van der Waals surface area contributed by atoms with E-state index in [-0.39, 0.29) is 28.9 Å². The van der Waals surface area contributed by atoms with E-state index >= 15 is 0 Å². The van der Waals surface area contributed by atoms with Crippen LogP contribution in [0.3, 0.4) is 0 Å². The summed E-state index contributed by atoms with van der Waals surface area (Å²) in [6.07, 6.45) is 0. The Morgan fingerprint density at radius 3 is 1.69 bits per heavy atom. The van der Waals surface area contributed by atoms with Crippen LogP contribution >= 0.6 is 0 Å². The summed E-state index contributed by atoms with van der Waals surface area (Å²) in [5, 5.41) is 0.256. The number of benzene rings is 5. The summed E-state index contributed by atoms with van der Waals surface area (Å²) < 4.78 is 36.1. The third-order valence-corrected chi connectivity index (χ3v) is 7.25. The van der Waals surface area contributed by atoms with E-state index < -0.39 is 0 Å². The molecule has 0 saturated heterocycles. The van der Waals surface area contributed by atoms with Crippen molar-refractivity contribution in [2.24, 2.45) is 0 Å². The summed E-state index contributed by atoms with van der Waals surface area (Å²) in [7, 11) is 3.08. The molecular formula is C38H32O7. The first kappa shape index (κ1) is 29.4. The first-order chi connectivity index (χ1) is 22.1. The van der Waals surface area contributed by atoms with Gasteiger partial charge in [-0.15, -0.1) is 0 Å². The van der Waals surface area contributed by atoms with Crippen LogP contribution in [0.2, 0.25) is 0 Å². The minimum atomic E-state index is -0.364. The van der Waals surface area contributed by atoms with E-state index in [0.717, 1.165) is 16.7 Å². The van der Waals surface area contributed by atoms with E-state index in [1.165, 1.54) is 7.11 Å². The highest BCUT2D eigenvalue weighted by Gasteiger charge is 2.23. The van der Waals surface area contributed by atoms with Crippen molar-refractivity contribution in [3.63, 3.8) is 0 Å². The highest BCUT2D eigenvalue weighted by molar-refractivity contribution is 5.88. The number of methoxy groups -OCH3 is 2. The average Bonchev–Trinajstić information content (AvgIpc) is 3.10. The van der Waals surface area contributed by atoms with Crippen LogP contribution in [0, 0.1) is 0 Å². The zero-order valence-corrected chi connectivity index (χ0v) is 25.0. The first-order valence-electron chi connectivity index (χ1n) is 14.5. The van der Waals surface area contributed by atoms with E-state index in [2.05, 4.69) is 0 Å². The monoisotopic (exact) mass is 600 g/mol. The molecule has 0 unspecified atom stereocenters. The predicted molar refractivity (Wildman–Crippen MR) is 173 cm³/mol. The predicted octanol–water partition coefficient (Wildman–Crippen LogP) is 8.21. The van der Waals surface area contributed by atoms with E-state index in [4.69, 9.17) is 28.1 Å². The van der Waals surface area contributed by atoms with Gasteiger partial charge in [-0.1, -0.05) is 91.0 Å². The second-order valence-electron chi connectivity index (χ2n) is 10.3. The topological polar surface area (TPSA) is 76.4 Å². The Hall–Kier alpha value is -5.69. The number of fused-ring (bicyclic) bond motifs is 1. The maximum absolute atomic E-state index is 14.1. The quantitative estimate of drug-likeness (QED) is 0.140. The Morgan fingerprint density at radius 1 is 0.556 bits per heavy atom. The van der Waals surface area contributed by atoms with Crippen molar-refractivity contribution >= 4 is 11.0 Å². The Labute approximate surface area is 261 Å². The third-order valence-electron chi connectivity index (χ3n) is 7.25. The van der Waals surface area contributed by atoms with Crippen molar-refractivity contribution in [2.75, 3.05) is 14.2 Å². The van der Waals surface area contributed by atoms with Crippen LogP contribution in [0.1, 0.15) is 16.7 Å². The lowest BCUT2D eigenvalue weighted by Crippen LogP contribution is -2.11. The van der Waals surface area contributed by atoms with Crippen molar-refractivity contribution in [1.29, 1.82) is 0 Å². The van der Waals surface area contributed by atoms with Gasteiger partial charge in [0.2, 0.25) is 11.2 Å². The standard InChI is InChI=1S/C38H32O7/c1-40-32-20-29(18-19-31(32)43-24-27-14-8-4-9-15-27)37-38(44-25-28-16-10-5-11-17-28)36(39)35-33(41-2)21-30(22-34(35)45-37)42-23-26-12-6-3-7-13-26/h3-22H,23-25H2,1-2H3. The molecular weight excluding hydrogens is 568 g/mol.